The van der Waals surface area contributed by atoms with Crippen LogP contribution in [0.1, 0.15) is 56.4 Å². The van der Waals surface area contributed by atoms with Gasteiger partial charge in [0.25, 0.3) is 5.91 Å². The Morgan fingerprint density at radius 1 is 1.37 bits per heavy atom. The normalized spacial score (nSPS) is 12.2. The number of amides is 1. The first-order valence-electron chi connectivity index (χ1n) is 6.81. The summed E-state index contributed by atoms with van der Waals surface area (Å²) in [6, 6.07) is 3.36. The van der Waals surface area contributed by atoms with Gasteiger partial charge in [-0.05, 0) is 25.0 Å². The molecule has 0 saturated carbocycles. The van der Waals surface area contributed by atoms with Gasteiger partial charge in [0.1, 0.15) is 11.5 Å². The van der Waals surface area contributed by atoms with Gasteiger partial charge in [-0.15, -0.1) is 0 Å². The molecule has 1 amide bonds. The maximum atomic E-state index is 12.2. The molecule has 0 fully saturated rings. The third-order valence-corrected chi connectivity index (χ3v) is 3.27. The van der Waals surface area contributed by atoms with Gasteiger partial charge >= 0.3 is 0 Å². The van der Waals surface area contributed by atoms with Crippen LogP contribution in [0.3, 0.4) is 0 Å². The summed E-state index contributed by atoms with van der Waals surface area (Å²) in [7, 11) is 0. The van der Waals surface area contributed by atoms with E-state index in [-0.39, 0.29) is 17.6 Å². The molecule has 1 heterocycles. The maximum Gasteiger partial charge on any atom is 0.271 e. The SMILES string of the molecule is CCCCC(CCC)NC(=O)c1nc(N)ccc1Cl. The summed E-state index contributed by atoms with van der Waals surface area (Å²) in [6.07, 6.45) is 5.20. The Morgan fingerprint density at radius 3 is 2.74 bits per heavy atom. The average molecular weight is 284 g/mol. The predicted octanol–water partition coefficient (Wildman–Crippen LogP) is 3.41. The van der Waals surface area contributed by atoms with E-state index in [2.05, 4.69) is 24.1 Å². The fourth-order valence-electron chi connectivity index (χ4n) is 1.96. The van der Waals surface area contributed by atoms with E-state index in [9.17, 15) is 4.79 Å². The van der Waals surface area contributed by atoms with Crippen molar-refractivity contribution in [2.24, 2.45) is 0 Å². The summed E-state index contributed by atoms with van der Waals surface area (Å²) in [5.74, 6) is 0.0574. The molecule has 0 radical (unpaired) electrons. The number of nitrogens with two attached hydrogens (primary N) is 1. The molecule has 1 unspecified atom stereocenters. The molecular weight excluding hydrogens is 262 g/mol. The van der Waals surface area contributed by atoms with Crippen molar-refractivity contribution in [1.29, 1.82) is 0 Å². The number of hydrogen-bond donors (Lipinski definition) is 2. The molecule has 0 bridgehead atoms. The Labute approximate surface area is 119 Å². The second-order valence-corrected chi connectivity index (χ2v) is 5.08. The number of rotatable bonds is 7. The van der Waals surface area contributed by atoms with Crippen molar-refractivity contribution in [2.75, 3.05) is 5.73 Å². The van der Waals surface area contributed by atoms with Crippen LogP contribution in [0.5, 0.6) is 0 Å². The van der Waals surface area contributed by atoms with Crippen LogP contribution in [0.25, 0.3) is 0 Å². The molecule has 0 saturated heterocycles. The Morgan fingerprint density at radius 2 is 2.11 bits per heavy atom. The maximum absolute atomic E-state index is 12.2. The van der Waals surface area contributed by atoms with E-state index in [1.165, 1.54) is 0 Å². The minimum Gasteiger partial charge on any atom is -0.384 e. The Balaban J connectivity index is 2.72. The summed E-state index contributed by atoms with van der Waals surface area (Å²) in [5.41, 5.74) is 5.79. The highest BCUT2D eigenvalue weighted by Gasteiger charge is 2.16. The van der Waals surface area contributed by atoms with Crippen LogP contribution in [0.2, 0.25) is 5.02 Å². The molecule has 0 aromatic carbocycles. The molecular formula is C14H22ClN3O. The molecule has 0 aliphatic heterocycles. The monoisotopic (exact) mass is 283 g/mol. The number of halogens is 1. The van der Waals surface area contributed by atoms with E-state index in [0.29, 0.717) is 10.8 Å². The zero-order chi connectivity index (χ0) is 14.3. The minimum absolute atomic E-state index is 0.178. The molecule has 106 valence electrons. The number of pyridine rings is 1. The first kappa shape index (κ1) is 15.8. The van der Waals surface area contributed by atoms with Crippen molar-refractivity contribution in [3.05, 3.63) is 22.8 Å². The van der Waals surface area contributed by atoms with Crippen molar-refractivity contribution in [3.8, 4) is 0 Å². The third-order valence-electron chi connectivity index (χ3n) is 2.96. The van der Waals surface area contributed by atoms with Crippen molar-refractivity contribution in [1.82, 2.24) is 10.3 Å². The first-order chi connectivity index (χ1) is 9.08. The zero-order valence-electron chi connectivity index (χ0n) is 11.6. The van der Waals surface area contributed by atoms with E-state index in [4.69, 9.17) is 17.3 Å². The largest absolute Gasteiger partial charge is 0.384 e. The van der Waals surface area contributed by atoms with Crippen molar-refractivity contribution in [3.63, 3.8) is 0 Å². The highest BCUT2D eigenvalue weighted by Crippen LogP contribution is 2.16. The van der Waals surface area contributed by atoms with Crippen molar-refractivity contribution < 1.29 is 4.79 Å². The molecule has 4 nitrogen and oxygen atoms in total. The molecule has 3 N–H and O–H groups in total. The second kappa shape index (κ2) is 8.00. The fraction of sp³-hybridized carbons (Fsp3) is 0.571. The van der Waals surface area contributed by atoms with Gasteiger partial charge in [-0.25, -0.2) is 4.98 Å². The lowest BCUT2D eigenvalue weighted by molar-refractivity contribution is 0.0927. The number of carbonyl (C=O) groups is 1. The Hall–Kier alpha value is -1.29. The van der Waals surface area contributed by atoms with Crippen LogP contribution in [-0.2, 0) is 0 Å². The summed E-state index contributed by atoms with van der Waals surface area (Å²) in [4.78, 5) is 16.2. The lowest BCUT2D eigenvalue weighted by atomic mass is 10.0. The molecule has 5 heteroatoms. The van der Waals surface area contributed by atoms with E-state index in [0.717, 1.165) is 32.1 Å². The minimum atomic E-state index is -0.244. The number of aromatic nitrogens is 1. The Kier molecular flexibility index (Phi) is 6.64. The van der Waals surface area contributed by atoms with Crippen LogP contribution in [0.15, 0.2) is 12.1 Å². The molecule has 1 atom stereocenters. The summed E-state index contributed by atoms with van der Waals surface area (Å²) in [5, 5.41) is 3.33. The van der Waals surface area contributed by atoms with Gasteiger partial charge in [0.2, 0.25) is 0 Å². The van der Waals surface area contributed by atoms with Crippen LogP contribution in [-0.4, -0.2) is 16.9 Å². The Bertz CT molecular complexity index is 423. The topological polar surface area (TPSA) is 68.0 Å². The van der Waals surface area contributed by atoms with Gasteiger partial charge in [-0.3, -0.25) is 4.79 Å². The number of nitrogens with zero attached hydrogens (tertiary/aromatic N) is 1. The third kappa shape index (κ3) is 5.07. The quantitative estimate of drug-likeness (QED) is 0.806. The highest BCUT2D eigenvalue weighted by atomic mass is 35.5. The van der Waals surface area contributed by atoms with Gasteiger partial charge in [-0.2, -0.15) is 0 Å². The molecule has 0 spiro atoms. The zero-order valence-corrected chi connectivity index (χ0v) is 12.3. The van der Waals surface area contributed by atoms with Crippen LogP contribution >= 0.6 is 11.6 Å². The van der Waals surface area contributed by atoms with Crippen molar-refractivity contribution >= 4 is 23.3 Å². The molecule has 1 rings (SSSR count). The number of nitrogen functional groups attached to an aromatic ring is 1. The van der Waals surface area contributed by atoms with Crippen LogP contribution in [0, 0.1) is 0 Å². The lowest BCUT2D eigenvalue weighted by Crippen LogP contribution is -2.35. The van der Waals surface area contributed by atoms with E-state index in [1.54, 1.807) is 12.1 Å². The van der Waals surface area contributed by atoms with Gasteiger partial charge in [0, 0.05) is 6.04 Å². The number of nitrogens with one attached hydrogen (secondary N) is 1. The molecule has 1 aromatic heterocycles. The molecule has 1 aromatic rings. The van der Waals surface area contributed by atoms with Crippen LogP contribution in [0.4, 0.5) is 5.82 Å². The molecule has 19 heavy (non-hydrogen) atoms. The van der Waals surface area contributed by atoms with Gasteiger partial charge in [0.05, 0.1) is 5.02 Å². The summed E-state index contributed by atoms with van der Waals surface area (Å²) in [6.45, 7) is 4.25. The molecule has 0 aliphatic carbocycles. The van der Waals surface area contributed by atoms with Crippen molar-refractivity contribution in [2.45, 2.75) is 52.0 Å². The number of carbonyl (C=O) groups excluding carboxylic acids is 1. The predicted molar refractivity (Wildman–Crippen MR) is 79.3 cm³/mol. The smallest absolute Gasteiger partial charge is 0.271 e. The molecule has 0 aliphatic rings. The fourth-order valence-corrected chi connectivity index (χ4v) is 2.15. The van der Waals surface area contributed by atoms with Gasteiger partial charge in [0.15, 0.2) is 0 Å². The number of anilines is 1. The van der Waals surface area contributed by atoms with Gasteiger partial charge in [-0.1, -0.05) is 44.7 Å². The van der Waals surface area contributed by atoms with E-state index in [1.807, 2.05) is 0 Å². The second-order valence-electron chi connectivity index (χ2n) is 4.67. The van der Waals surface area contributed by atoms with E-state index < -0.39 is 0 Å². The average Bonchev–Trinajstić information content (AvgIpc) is 2.39. The van der Waals surface area contributed by atoms with Gasteiger partial charge < -0.3 is 11.1 Å². The lowest BCUT2D eigenvalue weighted by Gasteiger charge is -2.18. The standard InChI is InChI=1S/C14H22ClN3O/c1-3-5-7-10(6-4-2)17-14(19)13-11(15)8-9-12(16)18-13/h8-10H,3-7H2,1-2H3,(H2,16,18)(H,17,19). The number of unbranched alkanes of at least 4 members (excludes halogenated alkanes) is 1. The first-order valence-corrected chi connectivity index (χ1v) is 7.19. The highest BCUT2D eigenvalue weighted by molar-refractivity contribution is 6.33. The number of hydrogen-bond acceptors (Lipinski definition) is 3. The summed E-state index contributed by atoms with van der Waals surface area (Å²) < 4.78 is 0. The van der Waals surface area contributed by atoms with E-state index >= 15 is 0 Å². The van der Waals surface area contributed by atoms with Crippen LogP contribution < -0.4 is 11.1 Å². The summed E-state index contributed by atoms with van der Waals surface area (Å²) >= 11 is 5.98.